The molecule has 0 aliphatic carbocycles. The van der Waals surface area contributed by atoms with Crippen LogP contribution in [0.15, 0.2) is 64.6 Å². The lowest BCUT2D eigenvalue weighted by atomic mass is 10.1. The largest absolute Gasteiger partial charge is 0.457 e. The summed E-state index contributed by atoms with van der Waals surface area (Å²) in [4.78, 5) is 22.7. The summed E-state index contributed by atoms with van der Waals surface area (Å²) in [6.45, 7) is 0. The number of anilines is 1. The van der Waals surface area contributed by atoms with E-state index in [2.05, 4.69) is 5.32 Å². The van der Waals surface area contributed by atoms with E-state index >= 15 is 0 Å². The van der Waals surface area contributed by atoms with E-state index in [1.807, 2.05) is 0 Å². The van der Waals surface area contributed by atoms with E-state index in [4.69, 9.17) is 16.0 Å². The van der Waals surface area contributed by atoms with E-state index in [0.29, 0.717) is 11.6 Å². The molecule has 1 heterocycles. The van der Waals surface area contributed by atoms with E-state index in [0.717, 1.165) is 18.2 Å². The van der Waals surface area contributed by atoms with Gasteiger partial charge in [0.15, 0.2) is 0 Å². The highest BCUT2D eigenvalue weighted by atomic mass is 35.5. The van der Waals surface area contributed by atoms with Crippen LogP contribution in [0.25, 0.3) is 17.4 Å². The van der Waals surface area contributed by atoms with Gasteiger partial charge in [-0.1, -0.05) is 23.7 Å². The Morgan fingerprint density at radius 1 is 1.19 bits per heavy atom. The lowest BCUT2D eigenvalue weighted by molar-refractivity contribution is -0.384. The highest BCUT2D eigenvalue weighted by Gasteiger charge is 2.33. The van der Waals surface area contributed by atoms with Crippen LogP contribution in [0.3, 0.4) is 0 Å². The number of furan rings is 1. The molecule has 0 aliphatic rings. The normalized spacial score (nSPS) is 11.7. The van der Waals surface area contributed by atoms with Crippen LogP contribution in [0.1, 0.15) is 11.3 Å². The number of rotatable bonds is 5. The van der Waals surface area contributed by atoms with Crippen molar-refractivity contribution in [3.63, 3.8) is 0 Å². The first-order valence-electron chi connectivity index (χ1n) is 8.73. The first-order valence-corrected chi connectivity index (χ1v) is 9.11. The van der Waals surface area contributed by atoms with Gasteiger partial charge in [0, 0.05) is 29.5 Å². The van der Waals surface area contributed by atoms with Crippen molar-refractivity contribution in [3.05, 3.63) is 86.6 Å². The summed E-state index contributed by atoms with van der Waals surface area (Å²) in [5, 5.41) is 21.9. The van der Waals surface area contributed by atoms with Gasteiger partial charge in [-0.15, -0.1) is 0 Å². The summed E-state index contributed by atoms with van der Waals surface area (Å²) in [5.74, 6) is -0.619. The molecule has 0 fully saturated rings. The molecular formula is C21H11ClF3N3O4. The fraction of sp³-hybridized carbons (Fsp3) is 0.0476. The molecule has 1 aromatic heterocycles. The number of nitro groups is 1. The van der Waals surface area contributed by atoms with Gasteiger partial charge in [-0.2, -0.15) is 18.4 Å². The Morgan fingerprint density at radius 3 is 2.59 bits per heavy atom. The Hall–Kier alpha value is -4.10. The van der Waals surface area contributed by atoms with E-state index in [9.17, 15) is 33.3 Å². The smallest absolute Gasteiger partial charge is 0.417 e. The molecule has 11 heteroatoms. The third-order valence-corrected chi connectivity index (χ3v) is 4.48. The molecule has 32 heavy (non-hydrogen) atoms. The molecule has 0 radical (unpaired) electrons. The van der Waals surface area contributed by atoms with E-state index in [-0.39, 0.29) is 22.9 Å². The predicted octanol–water partition coefficient (Wildman–Crippen LogP) is 6.07. The van der Waals surface area contributed by atoms with E-state index < -0.39 is 33.2 Å². The minimum Gasteiger partial charge on any atom is -0.457 e. The van der Waals surface area contributed by atoms with E-state index in [1.54, 1.807) is 12.1 Å². The fourth-order valence-electron chi connectivity index (χ4n) is 2.67. The Kier molecular flexibility index (Phi) is 6.32. The number of hydrogen-bond donors (Lipinski definition) is 1. The van der Waals surface area contributed by atoms with Crippen LogP contribution in [0.5, 0.6) is 0 Å². The molecule has 0 aliphatic heterocycles. The standard InChI is InChI=1S/C21H11ClF3N3O4/c22-18-6-4-14(10-17(18)21(23,24)25)27-20(29)13(11-26)9-16-5-7-19(32-16)12-2-1-3-15(8-12)28(30)31/h1-10H,(H,27,29)/b13-9+. The van der Waals surface area contributed by atoms with Crippen LogP contribution in [-0.2, 0) is 11.0 Å². The number of amides is 1. The first kappa shape index (κ1) is 22.6. The molecule has 0 atom stereocenters. The predicted molar refractivity (Wildman–Crippen MR) is 109 cm³/mol. The monoisotopic (exact) mass is 461 g/mol. The van der Waals surface area contributed by atoms with Crippen molar-refractivity contribution in [1.29, 1.82) is 5.26 Å². The maximum Gasteiger partial charge on any atom is 0.417 e. The summed E-state index contributed by atoms with van der Waals surface area (Å²) >= 11 is 5.55. The maximum absolute atomic E-state index is 13.0. The number of alkyl halides is 3. The van der Waals surface area contributed by atoms with Gasteiger partial charge in [0.25, 0.3) is 11.6 Å². The summed E-state index contributed by atoms with van der Waals surface area (Å²) in [5.41, 5.74) is -1.51. The number of non-ortho nitro benzene ring substituents is 1. The van der Waals surface area contributed by atoms with Crippen molar-refractivity contribution in [1.82, 2.24) is 0 Å². The molecule has 1 amide bonds. The Bertz CT molecular complexity index is 1280. The van der Waals surface area contributed by atoms with Crippen molar-refractivity contribution in [2.45, 2.75) is 6.18 Å². The number of benzene rings is 2. The van der Waals surface area contributed by atoms with Gasteiger partial charge >= 0.3 is 6.18 Å². The molecule has 0 saturated carbocycles. The zero-order valence-electron chi connectivity index (χ0n) is 15.8. The van der Waals surface area contributed by atoms with Crippen LogP contribution in [-0.4, -0.2) is 10.8 Å². The average Bonchev–Trinajstić information content (AvgIpc) is 3.21. The number of nitro benzene ring substituents is 1. The number of nitrogens with zero attached hydrogens (tertiary/aromatic N) is 2. The van der Waals surface area contributed by atoms with E-state index in [1.165, 1.54) is 30.3 Å². The highest BCUT2D eigenvalue weighted by Crippen LogP contribution is 2.36. The molecule has 0 spiro atoms. The van der Waals surface area contributed by atoms with Gasteiger partial charge < -0.3 is 9.73 Å². The van der Waals surface area contributed by atoms with Gasteiger partial charge in [0.1, 0.15) is 23.2 Å². The number of carbonyl (C=O) groups is 1. The number of hydrogen-bond acceptors (Lipinski definition) is 5. The van der Waals surface area contributed by atoms with Gasteiger partial charge in [-0.05, 0) is 30.3 Å². The third-order valence-electron chi connectivity index (χ3n) is 4.15. The molecule has 0 saturated heterocycles. The summed E-state index contributed by atoms with van der Waals surface area (Å²) < 4.78 is 44.5. The molecule has 3 aromatic rings. The second kappa shape index (κ2) is 8.95. The molecule has 3 rings (SSSR count). The topological polar surface area (TPSA) is 109 Å². The van der Waals surface area contributed by atoms with Crippen LogP contribution in [0, 0.1) is 21.4 Å². The quantitative estimate of drug-likeness (QED) is 0.214. The zero-order chi connectivity index (χ0) is 23.5. The van der Waals surface area contributed by atoms with Crippen molar-refractivity contribution < 1.29 is 27.3 Å². The number of nitriles is 1. The zero-order valence-corrected chi connectivity index (χ0v) is 16.6. The SMILES string of the molecule is N#C/C(=C\c1ccc(-c2cccc([N+](=O)[O-])c2)o1)C(=O)Nc1ccc(Cl)c(C(F)(F)F)c1. The second-order valence-corrected chi connectivity index (χ2v) is 6.73. The molecule has 162 valence electrons. The Balaban J connectivity index is 1.83. The molecular weight excluding hydrogens is 451 g/mol. The first-order chi connectivity index (χ1) is 15.1. The highest BCUT2D eigenvalue weighted by molar-refractivity contribution is 6.31. The molecule has 2 aromatic carbocycles. The second-order valence-electron chi connectivity index (χ2n) is 6.33. The van der Waals surface area contributed by atoms with Crippen molar-refractivity contribution in [2.24, 2.45) is 0 Å². The van der Waals surface area contributed by atoms with Crippen LogP contribution in [0.4, 0.5) is 24.5 Å². The number of halogens is 4. The van der Waals surface area contributed by atoms with Gasteiger partial charge in [-0.3, -0.25) is 14.9 Å². The van der Waals surface area contributed by atoms with Crippen molar-refractivity contribution in [2.75, 3.05) is 5.32 Å². The number of carbonyl (C=O) groups excluding carboxylic acids is 1. The summed E-state index contributed by atoms with van der Waals surface area (Å²) in [6, 6.07) is 13.0. The Labute approximate surface area is 183 Å². The van der Waals surface area contributed by atoms with Crippen LogP contribution < -0.4 is 5.32 Å². The third kappa shape index (κ3) is 5.14. The van der Waals surface area contributed by atoms with Crippen LogP contribution in [0.2, 0.25) is 5.02 Å². The minimum absolute atomic E-state index is 0.0882. The molecule has 1 N–H and O–H groups in total. The van der Waals surface area contributed by atoms with Crippen LogP contribution >= 0.6 is 11.6 Å². The fourth-order valence-corrected chi connectivity index (χ4v) is 2.89. The molecule has 7 nitrogen and oxygen atoms in total. The van der Waals surface area contributed by atoms with Gasteiger partial charge in [0.2, 0.25) is 0 Å². The minimum atomic E-state index is -4.72. The average molecular weight is 462 g/mol. The van der Waals surface area contributed by atoms with Crippen molar-refractivity contribution >= 4 is 35.0 Å². The number of nitrogens with one attached hydrogen (secondary N) is 1. The lowest BCUT2D eigenvalue weighted by Gasteiger charge is -2.11. The van der Waals surface area contributed by atoms with Gasteiger partial charge in [0.05, 0.1) is 15.5 Å². The van der Waals surface area contributed by atoms with Crippen molar-refractivity contribution in [3.8, 4) is 17.4 Å². The molecule has 0 bridgehead atoms. The maximum atomic E-state index is 13.0. The summed E-state index contributed by atoms with van der Waals surface area (Å²) in [7, 11) is 0. The lowest BCUT2D eigenvalue weighted by Crippen LogP contribution is -2.14. The van der Waals surface area contributed by atoms with Gasteiger partial charge in [-0.25, -0.2) is 0 Å². The molecule has 0 unspecified atom stereocenters. The summed E-state index contributed by atoms with van der Waals surface area (Å²) in [6.07, 6.45) is -3.63. The Morgan fingerprint density at radius 2 is 1.94 bits per heavy atom.